The van der Waals surface area contributed by atoms with Crippen LogP contribution in [0.25, 0.3) is 0 Å². The Bertz CT molecular complexity index is 540. The summed E-state index contributed by atoms with van der Waals surface area (Å²) in [6.45, 7) is 4.44. The van der Waals surface area contributed by atoms with Crippen molar-refractivity contribution < 1.29 is 14.4 Å². The van der Waals surface area contributed by atoms with Crippen molar-refractivity contribution >= 4 is 10.8 Å². The Kier molecular flexibility index (Phi) is 6.00. The smallest absolute Gasteiger partial charge is 0.0694 e. The molecule has 0 spiro atoms. The first-order valence-electron chi connectivity index (χ1n) is 8.25. The number of rotatable bonds is 8. The lowest BCUT2D eigenvalue weighted by Gasteiger charge is -2.31. The van der Waals surface area contributed by atoms with Crippen molar-refractivity contribution in [2.24, 2.45) is 5.92 Å². The monoisotopic (exact) mass is 339 g/mol. The van der Waals surface area contributed by atoms with Crippen LogP contribution in [0.4, 0.5) is 0 Å². The van der Waals surface area contributed by atoms with E-state index in [0.717, 1.165) is 23.3 Å². The Morgan fingerprint density at radius 3 is 2.39 bits per heavy atom. The number of benzene rings is 1. The highest BCUT2D eigenvalue weighted by molar-refractivity contribution is 7.84. The molecule has 1 aliphatic rings. The van der Waals surface area contributed by atoms with Crippen LogP contribution in [-0.2, 0) is 10.8 Å². The molecule has 5 heteroatoms. The Morgan fingerprint density at radius 2 is 1.91 bits per heavy atom. The molecule has 1 fully saturated rings. The van der Waals surface area contributed by atoms with Gasteiger partial charge in [-0.25, -0.2) is 0 Å². The van der Waals surface area contributed by atoms with E-state index in [1.54, 1.807) is 6.26 Å². The quantitative estimate of drug-likeness (QED) is 0.763. The summed E-state index contributed by atoms with van der Waals surface area (Å²) in [5.41, 5.74) is 0.374. The summed E-state index contributed by atoms with van der Waals surface area (Å²) in [6, 6.07) is 7.92. The van der Waals surface area contributed by atoms with E-state index in [2.05, 4.69) is 11.8 Å². The maximum atomic E-state index is 11.4. The van der Waals surface area contributed by atoms with E-state index < -0.39 is 22.5 Å². The lowest BCUT2D eigenvalue weighted by atomic mass is 9.92. The number of hydrogen-bond donors (Lipinski definition) is 2. The third kappa shape index (κ3) is 5.11. The molecule has 1 aliphatic carbocycles. The molecule has 0 aliphatic heterocycles. The summed E-state index contributed by atoms with van der Waals surface area (Å²) in [6.07, 6.45) is 3.68. The minimum Gasteiger partial charge on any atom is -0.392 e. The number of hydrogen-bond acceptors (Lipinski definition) is 4. The van der Waals surface area contributed by atoms with Gasteiger partial charge in [0.1, 0.15) is 0 Å². The van der Waals surface area contributed by atoms with Gasteiger partial charge in [-0.2, -0.15) is 0 Å². The van der Waals surface area contributed by atoms with Crippen molar-refractivity contribution in [2.45, 2.75) is 55.8 Å². The molecule has 0 amide bonds. The minimum absolute atomic E-state index is 0.148. The van der Waals surface area contributed by atoms with Crippen molar-refractivity contribution in [2.75, 3.05) is 19.8 Å². The number of aliphatic hydroxyl groups excluding tert-OH is 1. The summed E-state index contributed by atoms with van der Waals surface area (Å²) < 4.78 is 11.4. The van der Waals surface area contributed by atoms with E-state index in [0.29, 0.717) is 18.9 Å². The lowest BCUT2D eigenvalue weighted by molar-refractivity contribution is -0.0230. The predicted octanol–water partition coefficient (Wildman–Crippen LogP) is 2.33. The van der Waals surface area contributed by atoms with E-state index in [1.807, 2.05) is 38.2 Å². The van der Waals surface area contributed by atoms with Gasteiger partial charge < -0.3 is 10.2 Å². The maximum Gasteiger partial charge on any atom is 0.0694 e. The third-order valence-corrected chi connectivity index (χ3v) is 5.90. The van der Waals surface area contributed by atoms with Crippen LogP contribution >= 0.6 is 0 Å². The molecule has 1 aromatic carbocycles. The standard InChI is InChI=1S/C18H29NO3S/c1-13(14-5-9-17(10-6-14)23(4)22)19(3)12-16(20)11-18(2,21)15-7-8-15/h5-6,9-10,13,15-16,20-21H,7-8,11-12H2,1-4H3. The molecule has 4 nitrogen and oxygen atoms in total. The van der Waals surface area contributed by atoms with Gasteiger partial charge in [-0.3, -0.25) is 9.11 Å². The summed E-state index contributed by atoms with van der Waals surface area (Å²) in [5, 5.41) is 20.7. The van der Waals surface area contributed by atoms with E-state index in [1.165, 1.54) is 0 Å². The maximum absolute atomic E-state index is 11.4. The molecular weight excluding hydrogens is 310 g/mol. The van der Waals surface area contributed by atoms with Gasteiger partial charge in [-0.1, -0.05) is 12.1 Å². The molecule has 1 aromatic rings. The lowest BCUT2D eigenvalue weighted by Crippen LogP contribution is -2.38. The highest BCUT2D eigenvalue weighted by Crippen LogP contribution is 2.41. The zero-order chi connectivity index (χ0) is 17.2. The zero-order valence-corrected chi connectivity index (χ0v) is 15.3. The summed E-state index contributed by atoms with van der Waals surface area (Å²) in [5.74, 6) is 0.349. The fourth-order valence-electron chi connectivity index (χ4n) is 3.10. The summed E-state index contributed by atoms with van der Waals surface area (Å²) in [4.78, 5) is 2.91. The fraction of sp³-hybridized carbons (Fsp3) is 0.667. The average Bonchev–Trinajstić information content (AvgIpc) is 3.30. The molecule has 4 atom stereocenters. The highest BCUT2D eigenvalue weighted by Gasteiger charge is 2.41. The van der Waals surface area contributed by atoms with Gasteiger partial charge in [0.05, 0.1) is 11.7 Å². The van der Waals surface area contributed by atoms with E-state index >= 15 is 0 Å². The highest BCUT2D eigenvalue weighted by atomic mass is 32.2. The Morgan fingerprint density at radius 1 is 1.35 bits per heavy atom. The van der Waals surface area contributed by atoms with E-state index in [9.17, 15) is 14.4 Å². The van der Waals surface area contributed by atoms with Gasteiger partial charge in [0.25, 0.3) is 0 Å². The molecule has 0 bridgehead atoms. The van der Waals surface area contributed by atoms with Gasteiger partial charge in [0, 0.05) is 41.0 Å². The topological polar surface area (TPSA) is 60.8 Å². The molecule has 0 heterocycles. The van der Waals surface area contributed by atoms with E-state index in [4.69, 9.17) is 0 Å². The molecule has 2 rings (SSSR count). The van der Waals surface area contributed by atoms with Crippen LogP contribution in [0.2, 0.25) is 0 Å². The first-order valence-corrected chi connectivity index (χ1v) is 9.80. The van der Waals surface area contributed by atoms with Crippen molar-refractivity contribution in [3.8, 4) is 0 Å². The van der Waals surface area contributed by atoms with Crippen LogP contribution in [0.3, 0.4) is 0 Å². The molecule has 0 radical (unpaired) electrons. The summed E-state index contributed by atoms with van der Waals surface area (Å²) >= 11 is 0. The van der Waals surface area contributed by atoms with Crippen LogP contribution in [0, 0.1) is 5.92 Å². The van der Waals surface area contributed by atoms with Crippen molar-refractivity contribution in [1.29, 1.82) is 0 Å². The normalized spacial score (nSPS) is 21.7. The molecular formula is C18H29NO3S. The van der Waals surface area contributed by atoms with Crippen LogP contribution < -0.4 is 0 Å². The summed E-state index contributed by atoms with van der Waals surface area (Å²) in [7, 11) is 1.02. The molecule has 2 N–H and O–H groups in total. The fourth-order valence-corrected chi connectivity index (χ4v) is 3.62. The second kappa shape index (κ2) is 7.43. The van der Waals surface area contributed by atoms with Crippen molar-refractivity contribution in [3.05, 3.63) is 29.8 Å². The molecule has 23 heavy (non-hydrogen) atoms. The van der Waals surface area contributed by atoms with Crippen LogP contribution in [-0.4, -0.2) is 50.9 Å². The molecule has 1 saturated carbocycles. The van der Waals surface area contributed by atoms with Crippen LogP contribution in [0.1, 0.15) is 44.7 Å². The SMILES string of the molecule is CC(c1ccc(S(C)=O)cc1)N(C)CC(O)CC(C)(O)C1CC1. The Labute approximate surface area is 142 Å². The van der Waals surface area contributed by atoms with Crippen molar-refractivity contribution in [3.63, 3.8) is 0 Å². The predicted molar refractivity (Wildman–Crippen MR) is 93.8 cm³/mol. The molecule has 130 valence electrons. The van der Waals surface area contributed by atoms with Gasteiger partial charge >= 0.3 is 0 Å². The largest absolute Gasteiger partial charge is 0.392 e. The molecule has 4 unspecified atom stereocenters. The van der Waals surface area contributed by atoms with Crippen LogP contribution in [0.5, 0.6) is 0 Å². The first kappa shape index (κ1) is 18.6. The van der Waals surface area contributed by atoms with Gasteiger partial charge in [-0.15, -0.1) is 0 Å². The second-order valence-corrected chi connectivity index (χ2v) is 8.51. The first-order chi connectivity index (χ1) is 10.7. The second-order valence-electron chi connectivity index (χ2n) is 7.13. The number of aliphatic hydroxyl groups is 2. The average molecular weight is 340 g/mol. The minimum atomic E-state index is -0.962. The number of nitrogens with zero attached hydrogens (tertiary/aromatic N) is 1. The third-order valence-electron chi connectivity index (χ3n) is 4.96. The van der Waals surface area contributed by atoms with Gasteiger partial charge in [-0.05, 0) is 57.4 Å². The van der Waals surface area contributed by atoms with E-state index in [-0.39, 0.29) is 6.04 Å². The molecule has 0 saturated heterocycles. The zero-order valence-electron chi connectivity index (χ0n) is 14.5. The van der Waals surface area contributed by atoms with Crippen LogP contribution in [0.15, 0.2) is 29.2 Å². The van der Waals surface area contributed by atoms with Gasteiger partial charge in [0.2, 0.25) is 0 Å². The number of likely N-dealkylation sites (N-methyl/N-ethyl adjacent to an activating group) is 1. The Balaban J connectivity index is 1.90. The molecule has 0 aromatic heterocycles. The Hall–Kier alpha value is -0.750. The van der Waals surface area contributed by atoms with Crippen molar-refractivity contribution in [1.82, 2.24) is 4.90 Å². The van der Waals surface area contributed by atoms with Gasteiger partial charge in [0.15, 0.2) is 0 Å².